The number of nitrogens with zero attached hydrogens (tertiary/aromatic N) is 1. The van der Waals surface area contributed by atoms with E-state index < -0.39 is 26.8 Å². The first-order chi connectivity index (χ1) is 14.2. The number of hydrogen-bond acceptors (Lipinski definition) is 5. The van der Waals surface area contributed by atoms with Crippen molar-refractivity contribution in [3.63, 3.8) is 0 Å². The van der Waals surface area contributed by atoms with Crippen LogP contribution < -0.4 is 15.4 Å². The fraction of sp³-hybridized carbons (Fsp3) is 0. The molecule has 0 aromatic heterocycles. The van der Waals surface area contributed by atoms with Crippen LogP contribution in [0.4, 0.5) is 31.9 Å². The van der Waals surface area contributed by atoms with Gasteiger partial charge < -0.3 is 10.6 Å². The topological polar surface area (TPSA) is 130 Å². The molecular formula is C19H15FN4O5S. The Balaban J connectivity index is 1.66. The van der Waals surface area contributed by atoms with Gasteiger partial charge in [0.2, 0.25) is 0 Å². The first-order valence-electron chi connectivity index (χ1n) is 8.44. The number of carbonyl (C=O) groups is 1. The zero-order valence-corrected chi connectivity index (χ0v) is 16.0. The van der Waals surface area contributed by atoms with E-state index in [1.165, 1.54) is 54.6 Å². The van der Waals surface area contributed by atoms with E-state index in [-0.39, 0.29) is 22.0 Å². The molecular weight excluding hydrogens is 415 g/mol. The number of nitro groups is 1. The molecule has 0 aliphatic heterocycles. The van der Waals surface area contributed by atoms with Crippen LogP contribution in [0.1, 0.15) is 0 Å². The summed E-state index contributed by atoms with van der Waals surface area (Å²) in [6.45, 7) is 0. The maximum atomic E-state index is 13.3. The van der Waals surface area contributed by atoms with Crippen LogP contribution in [0.25, 0.3) is 0 Å². The number of nitro benzene ring substituents is 1. The van der Waals surface area contributed by atoms with Crippen LogP contribution in [0, 0.1) is 15.9 Å². The normalized spacial score (nSPS) is 10.8. The maximum absolute atomic E-state index is 13.3. The Morgan fingerprint density at radius 3 is 2.23 bits per heavy atom. The number of benzene rings is 3. The second-order valence-corrected chi connectivity index (χ2v) is 7.68. The molecule has 0 heterocycles. The van der Waals surface area contributed by atoms with Crippen molar-refractivity contribution in [2.75, 3.05) is 15.4 Å². The molecule has 0 fully saturated rings. The summed E-state index contributed by atoms with van der Waals surface area (Å²) in [7, 11) is -3.98. The minimum atomic E-state index is -3.98. The van der Waals surface area contributed by atoms with Crippen molar-refractivity contribution in [2.45, 2.75) is 4.90 Å². The van der Waals surface area contributed by atoms with E-state index in [0.717, 1.165) is 12.1 Å². The van der Waals surface area contributed by atoms with E-state index >= 15 is 0 Å². The van der Waals surface area contributed by atoms with Crippen molar-refractivity contribution in [1.29, 1.82) is 0 Å². The van der Waals surface area contributed by atoms with Gasteiger partial charge in [-0.05, 0) is 48.5 Å². The summed E-state index contributed by atoms with van der Waals surface area (Å²) in [5.74, 6) is -0.679. The Morgan fingerprint density at radius 2 is 1.57 bits per heavy atom. The van der Waals surface area contributed by atoms with Crippen molar-refractivity contribution >= 4 is 38.8 Å². The van der Waals surface area contributed by atoms with Crippen LogP contribution >= 0.6 is 0 Å². The zero-order chi connectivity index (χ0) is 21.7. The summed E-state index contributed by atoms with van der Waals surface area (Å²) >= 11 is 0. The highest BCUT2D eigenvalue weighted by Crippen LogP contribution is 2.24. The van der Waals surface area contributed by atoms with Gasteiger partial charge in [-0.25, -0.2) is 17.6 Å². The van der Waals surface area contributed by atoms with Gasteiger partial charge in [0.25, 0.3) is 15.7 Å². The number of hydrogen-bond donors (Lipinski definition) is 3. The highest BCUT2D eigenvalue weighted by molar-refractivity contribution is 7.92. The molecule has 3 aromatic rings. The Morgan fingerprint density at radius 1 is 0.900 bits per heavy atom. The Kier molecular flexibility index (Phi) is 5.93. The van der Waals surface area contributed by atoms with Crippen molar-refractivity contribution < 1.29 is 22.5 Å². The minimum absolute atomic E-state index is 0.0273. The largest absolute Gasteiger partial charge is 0.323 e. The van der Waals surface area contributed by atoms with Crippen molar-refractivity contribution in [3.8, 4) is 0 Å². The van der Waals surface area contributed by atoms with Crippen molar-refractivity contribution in [3.05, 3.63) is 88.7 Å². The third kappa shape index (κ3) is 5.08. The van der Waals surface area contributed by atoms with E-state index in [9.17, 15) is 27.7 Å². The summed E-state index contributed by atoms with van der Waals surface area (Å²) in [4.78, 5) is 22.2. The number of halogens is 1. The molecule has 2 amide bonds. The van der Waals surface area contributed by atoms with E-state index in [1.54, 1.807) is 6.07 Å². The maximum Gasteiger partial charge on any atom is 0.323 e. The molecule has 0 radical (unpaired) electrons. The van der Waals surface area contributed by atoms with Crippen LogP contribution in [0.3, 0.4) is 0 Å². The lowest BCUT2D eigenvalue weighted by Gasteiger charge is -2.10. The van der Waals surface area contributed by atoms with Crippen molar-refractivity contribution in [2.24, 2.45) is 0 Å². The molecule has 0 bridgehead atoms. The molecule has 0 spiro atoms. The van der Waals surface area contributed by atoms with Crippen molar-refractivity contribution in [1.82, 2.24) is 0 Å². The molecule has 0 saturated heterocycles. The molecule has 9 nitrogen and oxygen atoms in total. The number of para-hydroxylation sites is 2. The van der Waals surface area contributed by atoms with Gasteiger partial charge in [-0.3, -0.25) is 14.8 Å². The highest BCUT2D eigenvalue weighted by atomic mass is 32.2. The molecule has 0 aliphatic carbocycles. The Hall–Kier alpha value is -3.99. The highest BCUT2D eigenvalue weighted by Gasteiger charge is 2.16. The fourth-order valence-corrected chi connectivity index (χ4v) is 3.58. The number of carbonyl (C=O) groups excluding carboxylic acids is 1. The van der Waals surface area contributed by atoms with Gasteiger partial charge in [-0.2, -0.15) is 0 Å². The number of sulfonamides is 1. The lowest BCUT2D eigenvalue weighted by Crippen LogP contribution is -2.20. The standard InChI is InChI=1S/C19H15FN4O5S/c20-13-4-3-5-16(12-13)30(28,29)23-15-10-8-14(9-11-15)21-19(25)22-17-6-1-2-7-18(17)24(26)27/h1-12,23H,(H2,21,22,25). The van der Waals surface area contributed by atoms with E-state index in [1.807, 2.05) is 0 Å². The summed E-state index contributed by atoms with van der Waals surface area (Å²) < 4.78 is 40.2. The third-order valence-electron chi connectivity index (χ3n) is 3.85. The summed E-state index contributed by atoms with van der Waals surface area (Å²) in [5, 5.41) is 15.9. The SMILES string of the molecule is O=C(Nc1ccc(NS(=O)(=O)c2cccc(F)c2)cc1)Nc1ccccc1[N+](=O)[O-]. The molecule has 3 rings (SSSR count). The monoisotopic (exact) mass is 430 g/mol. The first-order valence-corrected chi connectivity index (χ1v) is 9.93. The molecule has 0 atom stereocenters. The lowest BCUT2D eigenvalue weighted by atomic mass is 10.2. The molecule has 0 unspecified atom stereocenters. The second-order valence-electron chi connectivity index (χ2n) is 5.99. The second kappa shape index (κ2) is 8.57. The van der Waals surface area contributed by atoms with Gasteiger partial charge in [0.15, 0.2) is 0 Å². The molecule has 3 N–H and O–H groups in total. The first kappa shape index (κ1) is 20.7. The molecule has 0 saturated carbocycles. The predicted octanol–water partition coefficient (Wildman–Crippen LogP) is 4.18. The zero-order valence-electron chi connectivity index (χ0n) is 15.2. The quantitative estimate of drug-likeness (QED) is 0.399. The van der Waals surface area contributed by atoms with E-state index in [0.29, 0.717) is 5.69 Å². The van der Waals surface area contributed by atoms with Crippen LogP contribution in [-0.2, 0) is 10.0 Å². The van der Waals surface area contributed by atoms with E-state index in [4.69, 9.17) is 0 Å². The van der Waals surface area contributed by atoms with Gasteiger partial charge in [0.1, 0.15) is 11.5 Å². The molecule has 3 aromatic carbocycles. The van der Waals surface area contributed by atoms with Crippen LogP contribution in [0.2, 0.25) is 0 Å². The molecule has 0 aliphatic rings. The summed E-state index contributed by atoms with van der Waals surface area (Å²) in [5.41, 5.74) is 0.290. The number of anilines is 3. The van der Waals surface area contributed by atoms with Crippen LogP contribution in [0.15, 0.2) is 77.7 Å². The predicted molar refractivity (Wildman–Crippen MR) is 109 cm³/mol. The average Bonchev–Trinajstić information content (AvgIpc) is 2.69. The molecule has 11 heteroatoms. The fourth-order valence-electron chi connectivity index (χ4n) is 2.49. The van der Waals surface area contributed by atoms with Gasteiger partial charge >= 0.3 is 6.03 Å². The average molecular weight is 430 g/mol. The van der Waals surface area contributed by atoms with Crippen LogP contribution in [-0.4, -0.2) is 19.4 Å². The smallest absolute Gasteiger partial charge is 0.308 e. The van der Waals surface area contributed by atoms with Gasteiger partial charge in [-0.1, -0.05) is 18.2 Å². The summed E-state index contributed by atoms with van der Waals surface area (Å²) in [6.07, 6.45) is 0. The van der Waals surface area contributed by atoms with Gasteiger partial charge in [0.05, 0.1) is 9.82 Å². The number of rotatable bonds is 6. The number of amides is 2. The Bertz CT molecular complexity index is 1200. The molecule has 154 valence electrons. The van der Waals surface area contributed by atoms with E-state index in [2.05, 4.69) is 15.4 Å². The third-order valence-corrected chi connectivity index (χ3v) is 5.23. The van der Waals surface area contributed by atoms with Crippen LogP contribution in [0.5, 0.6) is 0 Å². The van der Waals surface area contributed by atoms with Gasteiger partial charge in [-0.15, -0.1) is 0 Å². The molecule has 30 heavy (non-hydrogen) atoms. The minimum Gasteiger partial charge on any atom is -0.308 e. The van der Waals surface area contributed by atoms with Gasteiger partial charge in [0, 0.05) is 17.4 Å². The number of nitrogens with one attached hydrogen (secondary N) is 3. The summed E-state index contributed by atoms with van der Waals surface area (Å²) in [6, 6.07) is 15.2. The Labute approximate surface area is 170 Å². The lowest BCUT2D eigenvalue weighted by molar-refractivity contribution is -0.383. The number of urea groups is 1.